The van der Waals surface area contributed by atoms with Gasteiger partial charge in [0.15, 0.2) is 5.82 Å². The van der Waals surface area contributed by atoms with Crippen LogP contribution in [-0.2, 0) is 16.1 Å². The lowest BCUT2D eigenvalue weighted by molar-refractivity contribution is -0.145. The summed E-state index contributed by atoms with van der Waals surface area (Å²) < 4.78 is 29.9. The Morgan fingerprint density at radius 3 is 2.60 bits per heavy atom. The van der Waals surface area contributed by atoms with Gasteiger partial charge < -0.3 is 34.1 Å². The minimum absolute atomic E-state index is 0.0626. The number of phenolic OH excluding ortho intramolecular Hbond substituents is 1. The van der Waals surface area contributed by atoms with Crippen molar-refractivity contribution in [3.05, 3.63) is 119 Å². The van der Waals surface area contributed by atoms with Crippen molar-refractivity contribution in [2.45, 2.75) is 39.9 Å². The Morgan fingerprint density at radius 2 is 1.84 bits per heavy atom. The molecule has 2 N–H and O–H groups in total. The fraction of sp³-hybridized carbons (Fsp3) is 0.298. The van der Waals surface area contributed by atoms with Gasteiger partial charge in [-0.3, -0.25) is 9.88 Å². The number of carboxylic acids is 1. The molecule has 3 aromatic heterocycles. The molecular weight excluding hydrogens is 828 g/mol. The summed E-state index contributed by atoms with van der Waals surface area (Å²) in [6.07, 6.45) is 3.42. The SMILES string of the molecule is C=C/C(CC(Oc1nsc2cnc(-c3cccc(OCC)c3)c(-c3ccc(OCCN4CCN(C)CC4)c(Cl)c3C)c12)C(=O)O)=C(\C)OCc1ccnc(-c2ccccc2O)n1. The third-order valence-corrected chi connectivity index (χ3v) is 11.9. The van der Waals surface area contributed by atoms with Crippen LogP contribution in [0.5, 0.6) is 23.1 Å². The van der Waals surface area contributed by atoms with Crippen LogP contribution in [0.4, 0.5) is 0 Å². The third-order valence-electron chi connectivity index (χ3n) is 10.7. The molecule has 322 valence electrons. The van der Waals surface area contributed by atoms with Gasteiger partial charge in [-0.25, -0.2) is 14.8 Å². The number of carbonyl (C=O) groups is 1. The second-order valence-electron chi connectivity index (χ2n) is 14.8. The van der Waals surface area contributed by atoms with Crippen molar-refractivity contribution >= 4 is 39.2 Å². The van der Waals surface area contributed by atoms with Gasteiger partial charge in [0.25, 0.3) is 0 Å². The normalized spacial score (nSPS) is 14.3. The van der Waals surface area contributed by atoms with Crippen molar-refractivity contribution in [2.24, 2.45) is 0 Å². The molecule has 0 aliphatic carbocycles. The highest BCUT2D eigenvalue weighted by Crippen LogP contribution is 2.46. The molecule has 0 amide bonds. The second kappa shape index (κ2) is 20.2. The van der Waals surface area contributed by atoms with Crippen molar-refractivity contribution in [3.8, 4) is 56.9 Å². The van der Waals surface area contributed by atoms with Crippen LogP contribution in [0.15, 0.2) is 103 Å². The summed E-state index contributed by atoms with van der Waals surface area (Å²) in [6, 6.07) is 20.0. The molecule has 13 nitrogen and oxygen atoms in total. The molecular formula is C47H49ClN6O7S. The number of ether oxygens (including phenoxy) is 4. The number of likely N-dealkylation sites (N-methyl/N-ethyl adjacent to an activating group) is 1. The van der Waals surface area contributed by atoms with E-state index in [4.69, 9.17) is 35.5 Å². The molecule has 1 atom stereocenters. The number of pyridine rings is 1. The number of para-hydroxylation sites is 1. The van der Waals surface area contributed by atoms with E-state index < -0.39 is 12.1 Å². The highest BCUT2D eigenvalue weighted by Gasteiger charge is 2.28. The average molecular weight is 877 g/mol. The van der Waals surface area contributed by atoms with E-state index in [1.54, 1.807) is 55.7 Å². The number of phenols is 1. The molecule has 0 saturated carbocycles. The number of hydrogen-bond acceptors (Lipinski definition) is 13. The summed E-state index contributed by atoms with van der Waals surface area (Å²) in [5, 5.41) is 21.9. The highest BCUT2D eigenvalue weighted by molar-refractivity contribution is 7.13. The Bertz CT molecular complexity index is 2590. The lowest BCUT2D eigenvalue weighted by Gasteiger charge is -2.32. The molecule has 0 radical (unpaired) electrons. The number of benzene rings is 3. The quantitative estimate of drug-likeness (QED) is 0.0625. The van der Waals surface area contributed by atoms with Crippen LogP contribution >= 0.6 is 23.1 Å². The highest BCUT2D eigenvalue weighted by atomic mass is 35.5. The lowest BCUT2D eigenvalue weighted by atomic mass is 9.93. The van der Waals surface area contributed by atoms with Crippen LogP contribution in [0.1, 0.15) is 31.5 Å². The van der Waals surface area contributed by atoms with Crippen molar-refractivity contribution in [1.82, 2.24) is 29.1 Å². The first kappa shape index (κ1) is 44.0. The lowest BCUT2D eigenvalue weighted by Crippen LogP contribution is -2.45. The number of nitrogens with zero attached hydrogens (tertiary/aromatic N) is 6. The fourth-order valence-electron chi connectivity index (χ4n) is 7.20. The largest absolute Gasteiger partial charge is 0.507 e. The fourth-order valence-corrected chi connectivity index (χ4v) is 8.12. The van der Waals surface area contributed by atoms with Crippen LogP contribution in [-0.4, -0.2) is 104 Å². The van der Waals surface area contributed by atoms with E-state index in [-0.39, 0.29) is 24.7 Å². The van der Waals surface area contributed by atoms with Crippen molar-refractivity contribution in [1.29, 1.82) is 0 Å². The number of aromatic nitrogens is 4. The number of halogens is 1. The van der Waals surface area contributed by atoms with Gasteiger partial charge in [-0.15, -0.1) is 0 Å². The number of aromatic hydroxyl groups is 1. The predicted octanol–water partition coefficient (Wildman–Crippen LogP) is 9.07. The van der Waals surface area contributed by atoms with Crippen molar-refractivity contribution < 1.29 is 34.0 Å². The van der Waals surface area contributed by atoms with Gasteiger partial charge >= 0.3 is 5.97 Å². The van der Waals surface area contributed by atoms with E-state index in [9.17, 15) is 15.0 Å². The van der Waals surface area contributed by atoms with Gasteiger partial charge in [0, 0.05) is 62.7 Å². The second-order valence-corrected chi connectivity index (χ2v) is 16.0. The summed E-state index contributed by atoms with van der Waals surface area (Å²) in [5.74, 6) is 1.05. The molecule has 7 rings (SSSR count). The standard InChI is InChI=1S/C47H49ClN6O7S/c1-6-31(30(4)60-28-33-17-18-49-45(51-33)36-13-8-9-14-37(36)55)26-39(47(56)57)61-46-42-40(62-52-46)27-50-44(32-11-10-12-34(25-32)58-7-2)41(42)35-15-16-38(43(48)29(35)3)59-24-23-54-21-19-53(5)20-22-54/h6,8-18,25,27,39,55H,1,7,19-24,26,28H2,2-5H3,(H,56,57)/b31-30-. The van der Waals surface area contributed by atoms with Crippen LogP contribution in [0.25, 0.3) is 43.9 Å². The van der Waals surface area contributed by atoms with Crippen LogP contribution in [0.3, 0.4) is 0 Å². The van der Waals surface area contributed by atoms with E-state index in [1.807, 2.05) is 50.2 Å². The number of aliphatic carboxylic acids is 1. The Kier molecular flexibility index (Phi) is 14.3. The van der Waals surface area contributed by atoms with Gasteiger partial charge in [-0.1, -0.05) is 54.6 Å². The number of fused-ring (bicyclic) bond motifs is 1. The Morgan fingerprint density at radius 1 is 1.03 bits per heavy atom. The van der Waals surface area contributed by atoms with Crippen LogP contribution < -0.4 is 14.2 Å². The Hall–Kier alpha value is -6.06. The number of piperazine rings is 1. The molecule has 0 bridgehead atoms. The molecule has 1 unspecified atom stereocenters. The average Bonchev–Trinajstić information content (AvgIpc) is 3.69. The summed E-state index contributed by atoms with van der Waals surface area (Å²) in [7, 11) is 2.13. The van der Waals surface area contributed by atoms with E-state index in [1.165, 1.54) is 0 Å². The molecule has 1 aliphatic rings. The van der Waals surface area contributed by atoms with E-state index >= 15 is 0 Å². The monoisotopic (exact) mass is 876 g/mol. The van der Waals surface area contributed by atoms with Gasteiger partial charge in [-0.2, -0.15) is 4.37 Å². The topological polar surface area (TPSA) is 152 Å². The third kappa shape index (κ3) is 10.2. The van der Waals surface area contributed by atoms with E-state index in [0.29, 0.717) is 79.5 Å². The van der Waals surface area contributed by atoms with E-state index in [0.717, 1.165) is 60.9 Å². The molecule has 4 heterocycles. The molecule has 62 heavy (non-hydrogen) atoms. The molecule has 15 heteroatoms. The maximum Gasteiger partial charge on any atom is 0.345 e. The van der Waals surface area contributed by atoms with Crippen molar-refractivity contribution in [3.63, 3.8) is 0 Å². The van der Waals surface area contributed by atoms with Gasteiger partial charge in [0.1, 0.15) is 30.5 Å². The number of hydrogen-bond donors (Lipinski definition) is 2. The zero-order valence-corrected chi connectivity index (χ0v) is 36.7. The molecule has 1 aliphatic heterocycles. The van der Waals surface area contributed by atoms with Crippen LogP contribution in [0.2, 0.25) is 5.02 Å². The predicted molar refractivity (Wildman–Crippen MR) is 242 cm³/mol. The smallest absolute Gasteiger partial charge is 0.345 e. The maximum absolute atomic E-state index is 12.9. The zero-order chi connectivity index (χ0) is 43.8. The number of allylic oxidation sites excluding steroid dienone is 2. The molecule has 1 saturated heterocycles. The number of rotatable bonds is 18. The molecule has 1 fully saturated rings. The minimum atomic E-state index is -1.37. The Balaban J connectivity index is 1.19. The van der Waals surface area contributed by atoms with E-state index in [2.05, 4.69) is 37.8 Å². The number of carboxylic acid groups (broad SMARTS) is 1. The molecule has 3 aromatic carbocycles. The van der Waals surface area contributed by atoms with Crippen molar-refractivity contribution in [2.75, 3.05) is 53.0 Å². The summed E-state index contributed by atoms with van der Waals surface area (Å²) in [4.78, 5) is 31.4. The minimum Gasteiger partial charge on any atom is -0.507 e. The summed E-state index contributed by atoms with van der Waals surface area (Å²) in [6.45, 7) is 15.4. The molecule has 6 aromatic rings. The van der Waals surface area contributed by atoms with Crippen LogP contribution in [0, 0.1) is 6.92 Å². The first-order valence-electron chi connectivity index (χ1n) is 20.3. The molecule has 0 spiro atoms. The van der Waals surface area contributed by atoms with Gasteiger partial charge in [-0.05, 0) is 92.4 Å². The van der Waals surface area contributed by atoms with Gasteiger partial charge in [0.2, 0.25) is 12.0 Å². The zero-order valence-electron chi connectivity index (χ0n) is 35.1. The maximum atomic E-state index is 12.9. The first-order chi connectivity index (χ1) is 30.0. The van der Waals surface area contributed by atoms with Gasteiger partial charge in [0.05, 0.1) is 44.4 Å². The summed E-state index contributed by atoms with van der Waals surface area (Å²) >= 11 is 8.26. The first-order valence-corrected chi connectivity index (χ1v) is 21.5. The summed E-state index contributed by atoms with van der Waals surface area (Å²) in [5.41, 5.74) is 5.17. The Labute approximate surface area is 370 Å².